The minimum Gasteiger partial charge on any atom is -0.493 e. The number of aryl methyl sites for hydroxylation is 1. The van der Waals surface area contributed by atoms with Crippen LogP contribution < -0.4 is 9.47 Å². The van der Waals surface area contributed by atoms with Gasteiger partial charge in [-0.1, -0.05) is 18.9 Å². The molecule has 2 aromatic carbocycles. The molecular weight excluding hydrogens is 366 g/mol. The second kappa shape index (κ2) is 8.60. The van der Waals surface area contributed by atoms with Gasteiger partial charge in [-0.2, -0.15) is 0 Å². The number of ether oxygens (including phenoxy) is 2. The average molecular weight is 393 g/mol. The lowest BCUT2D eigenvalue weighted by Gasteiger charge is -2.19. The summed E-state index contributed by atoms with van der Waals surface area (Å²) in [6, 6.07) is 12.3. The van der Waals surface area contributed by atoms with Gasteiger partial charge in [-0.15, -0.1) is 0 Å². The Bertz CT molecular complexity index is 1000. The Kier molecular flexibility index (Phi) is 5.74. The van der Waals surface area contributed by atoms with Crippen molar-refractivity contribution in [1.82, 2.24) is 4.98 Å². The molecule has 1 fully saturated rings. The highest BCUT2D eigenvalue weighted by molar-refractivity contribution is 5.87. The number of carboxylic acids is 1. The summed E-state index contributed by atoms with van der Waals surface area (Å²) in [5.41, 5.74) is 4.00. The minimum absolute atomic E-state index is 0.0850. The van der Waals surface area contributed by atoms with Crippen molar-refractivity contribution in [3.8, 4) is 22.6 Å². The second-order valence-corrected chi connectivity index (χ2v) is 7.81. The van der Waals surface area contributed by atoms with Gasteiger partial charge in [0.05, 0.1) is 13.7 Å². The molecule has 5 heteroatoms. The summed E-state index contributed by atoms with van der Waals surface area (Å²) in [6.45, 7) is 0.685. The van der Waals surface area contributed by atoms with Crippen molar-refractivity contribution in [3.05, 3.63) is 48.2 Å². The van der Waals surface area contributed by atoms with Gasteiger partial charge in [0.25, 0.3) is 0 Å². The molecule has 1 saturated carbocycles. The monoisotopic (exact) mass is 393 g/mol. The highest BCUT2D eigenvalue weighted by Gasteiger charge is 2.20. The predicted molar refractivity (Wildman–Crippen MR) is 114 cm³/mol. The van der Waals surface area contributed by atoms with E-state index in [0.717, 1.165) is 33.3 Å². The Morgan fingerprint density at radius 2 is 2.00 bits per heavy atom. The van der Waals surface area contributed by atoms with Crippen molar-refractivity contribution in [3.63, 3.8) is 0 Å². The number of aromatic nitrogens is 1. The first-order chi connectivity index (χ1) is 14.1. The third-order valence-corrected chi connectivity index (χ3v) is 5.76. The van der Waals surface area contributed by atoms with Gasteiger partial charge in [0.2, 0.25) is 0 Å². The molecule has 0 saturated heterocycles. The molecule has 0 aliphatic heterocycles. The molecule has 1 aromatic heterocycles. The van der Waals surface area contributed by atoms with E-state index in [4.69, 9.17) is 14.6 Å². The molecule has 4 rings (SSSR count). The standard InChI is InChI=1S/C24H27NO4/c1-28-22-13-17(6-9-23(26)27)12-20(24(22)29-15-16-4-2-3-5-16)18-7-8-21-19(14-18)10-11-25-21/h7-8,10-14,16,25H,2-6,9,15H2,1H3,(H,26,27). The van der Waals surface area contributed by atoms with Crippen LogP contribution in [0.2, 0.25) is 0 Å². The largest absolute Gasteiger partial charge is 0.493 e. The van der Waals surface area contributed by atoms with Crippen LogP contribution in [0.1, 0.15) is 37.7 Å². The number of nitrogens with one attached hydrogen (secondary N) is 1. The molecule has 1 heterocycles. The van der Waals surface area contributed by atoms with E-state index in [-0.39, 0.29) is 6.42 Å². The van der Waals surface area contributed by atoms with Crippen molar-refractivity contribution in [1.29, 1.82) is 0 Å². The zero-order chi connectivity index (χ0) is 20.2. The van der Waals surface area contributed by atoms with Crippen molar-refractivity contribution in [2.45, 2.75) is 38.5 Å². The molecule has 5 nitrogen and oxygen atoms in total. The summed E-state index contributed by atoms with van der Waals surface area (Å²) in [7, 11) is 1.64. The van der Waals surface area contributed by atoms with Crippen molar-refractivity contribution >= 4 is 16.9 Å². The third kappa shape index (κ3) is 4.39. The molecule has 0 unspecified atom stereocenters. The Balaban J connectivity index is 1.74. The lowest BCUT2D eigenvalue weighted by atomic mass is 9.98. The van der Waals surface area contributed by atoms with E-state index >= 15 is 0 Å². The van der Waals surface area contributed by atoms with Crippen molar-refractivity contribution in [2.24, 2.45) is 5.92 Å². The molecular formula is C24H27NO4. The van der Waals surface area contributed by atoms with Gasteiger partial charge >= 0.3 is 5.97 Å². The molecule has 0 bridgehead atoms. The Labute approximate surface area is 170 Å². The van der Waals surface area contributed by atoms with Crippen LogP contribution in [0.25, 0.3) is 22.0 Å². The third-order valence-electron chi connectivity index (χ3n) is 5.76. The Hall–Kier alpha value is -2.95. The van der Waals surface area contributed by atoms with Gasteiger partial charge in [-0.05, 0) is 72.0 Å². The number of benzene rings is 2. The van der Waals surface area contributed by atoms with E-state index in [0.29, 0.717) is 24.7 Å². The molecule has 0 radical (unpaired) electrons. The number of aromatic amines is 1. The van der Waals surface area contributed by atoms with Crippen molar-refractivity contribution in [2.75, 3.05) is 13.7 Å². The maximum Gasteiger partial charge on any atom is 0.303 e. The fourth-order valence-electron chi connectivity index (χ4n) is 4.17. The van der Waals surface area contributed by atoms with E-state index < -0.39 is 5.97 Å². The topological polar surface area (TPSA) is 71.5 Å². The van der Waals surface area contributed by atoms with Crippen LogP contribution in [-0.4, -0.2) is 29.8 Å². The highest BCUT2D eigenvalue weighted by atomic mass is 16.5. The number of carbonyl (C=O) groups is 1. The molecule has 152 valence electrons. The summed E-state index contributed by atoms with van der Waals surface area (Å²) >= 11 is 0. The van der Waals surface area contributed by atoms with Crippen LogP contribution in [-0.2, 0) is 11.2 Å². The number of rotatable bonds is 8. The van der Waals surface area contributed by atoms with E-state index in [1.807, 2.05) is 24.4 Å². The van der Waals surface area contributed by atoms with E-state index in [1.165, 1.54) is 25.7 Å². The maximum absolute atomic E-state index is 11.1. The molecule has 0 spiro atoms. The summed E-state index contributed by atoms with van der Waals surface area (Å²) < 4.78 is 12.0. The number of methoxy groups -OCH3 is 1. The van der Waals surface area contributed by atoms with Gasteiger partial charge < -0.3 is 19.6 Å². The van der Waals surface area contributed by atoms with Gasteiger partial charge in [-0.3, -0.25) is 4.79 Å². The number of hydrogen-bond donors (Lipinski definition) is 2. The summed E-state index contributed by atoms with van der Waals surface area (Å²) in [5.74, 6) is 1.19. The normalized spacial score (nSPS) is 14.4. The first kappa shape index (κ1) is 19.4. The Morgan fingerprint density at radius 3 is 2.76 bits per heavy atom. The smallest absolute Gasteiger partial charge is 0.303 e. The van der Waals surface area contributed by atoms with E-state index in [1.54, 1.807) is 7.11 Å². The molecule has 3 aromatic rings. The molecule has 29 heavy (non-hydrogen) atoms. The molecule has 1 aliphatic rings. The van der Waals surface area contributed by atoms with E-state index in [9.17, 15) is 4.79 Å². The zero-order valence-corrected chi connectivity index (χ0v) is 16.7. The zero-order valence-electron chi connectivity index (χ0n) is 16.7. The van der Waals surface area contributed by atoms with Crippen LogP contribution in [0.5, 0.6) is 11.5 Å². The first-order valence-corrected chi connectivity index (χ1v) is 10.3. The van der Waals surface area contributed by atoms with Gasteiger partial charge in [0, 0.05) is 23.7 Å². The van der Waals surface area contributed by atoms with Crippen LogP contribution in [0.3, 0.4) is 0 Å². The quantitative estimate of drug-likeness (QED) is 0.535. The Morgan fingerprint density at radius 1 is 1.17 bits per heavy atom. The van der Waals surface area contributed by atoms with Crippen LogP contribution in [0.4, 0.5) is 0 Å². The fourth-order valence-corrected chi connectivity index (χ4v) is 4.17. The lowest BCUT2D eigenvalue weighted by molar-refractivity contribution is -0.136. The highest BCUT2D eigenvalue weighted by Crippen LogP contribution is 2.41. The summed E-state index contributed by atoms with van der Waals surface area (Å²) in [5, 5.41) is 10.2. The first-order valence-electron chi connectivity index (χ1n) is 10.3. The average Bonchev–Trinajstić information content (AvgIpc) is 3.41. The number of carboxylic acid groups (broad SMARTS) is 1. The predicted octanol–water partition coefficient (Wildman–Crippen LogP) is 5.43. The number of aliphatic carboxylic acids is 1. The van der Waals surface area contributed by atoms with Gasteiger partial charge in [0.15, 0.2) is 11.5 Å². The van der Waals surface area contributed by atoms with Gasteiger partial charge in [-0.25, -0.2) is 0 Å². The molecule has 0 atom stereocenters. The molecule has 0 amide bonds. The van der Waals surface area contributed by atoms with Crippen LogP contribution in [0.15, 0.2) is 42.6 Å². The van der Waals surface area contributed by atoms with Crippen molar-refractivity contribution < 1.29 is 19.4 Å². The molecule has 1 aliphatic carbocycles. The van der Waals surface area contributed by atoms with Crippen LogP contribution >= 0.6 is 0 Å². The number of hydrogen-bond acceptors (Lipinski definition) is 3. The van der Waals surface area contributed by atoms with E-state index in [2.05, 4.69) is 23.2 Å². The second-order valence-electron chi connectivity index (χ2n) is 7.81. The fraction of sp³-hybridized carbons (Fsp3) is 0.375. The summed E-state index contributed by atoms with van der Waals surface area (Å²) in [4.78, 5) is 14.3. The number of fused-ring (bicyclic) bond motifs is 1. The minimum atomic E-state index is -0.805. The van der Waals surface area contributed by atoms with Crippen LogP contribution in [0, 0.1) is 5.92 Å². The maximum atomic E-state index is 11.1. The lowest BCUT2D eigenvalue weighted by Crippen LogP contribution is -2.10. The SMILES string of the molecule is COc1cc(CCC(=O)O)cc(-c2ccc3[nH]ccc3c2)c1OCC1CCCC1. The number of H-pyrrole nitrogens is 1. The van der Waals surface area contributed by atoms with Gasteiger partial charge in [0.1, 0.15) is 0 Å². The molecule has 2 N–H and O–H groups in total. The summed E-state index contributed by atoms with van der Waals surface area (Å²) in [6.07, 6.45) is 7.44.